The maximum atomic E-state index is 13.2. The maximum Gasteiger partial charge on any atom is 0.426 e. The third-order valence-corrected chi connectivity index (χ3v) is 6.54. The van der Waals surface area contributed by atoms with Crippen molar-refractivity contribution >= 4 is 57.9 Å². The Balaban J connectivity index is 1.68. The van der Waals surface area contributed by atoms with Gasteiger partial charge in [0.15, 0.2) is 12.4 Å². The number of halogens is 2. The lowest BCUT2D eigenvalue weighted by atomic mass is 10.0. The van der Waals surface area contributed by atoms with Crippen molar-refractivity contribution in [2.45, 2.75) is 6.92 Å². The molecule has 1 atom stereocenters. The number of nitrogens with zero attached hydrogens (tertiary/aromatic N) is 2. The molecule has 0 aliphatic carbocycles. The van der Waals surface area contributed by atoms with E-state index in [9.17, 15) is 28.4 Å². The summed E-state index contributed by atoms with van der Waals surface area (Å²) in [6.45, 7) is 0.933. The van der Waals surface area contributed by atoms with E-state index in [1.807, 2.05) is 6.07 Å². The smallest absolute Gasteiger partial charge is 0.426 e. The average molecular weight is 619 g/mol. The van der Waals surface area contributed by atoms with E-state index in [4.69, 9.17) is 37.4 Å². The molecule has 0 saturated carbocycles. The normalized spacial score (nSPS) is 11.2. The molecule has 0 radical (unpaired) electrons. The van der Waals surface area contributed by atoms with E-state index < -0.39 is 35.7 Å². The summed E-state index contributed by atoms with van der Waals surface area (Å²) in [7, 11) is 1.36. The second-order valence-corrected chi connectivity index (χ2v) is 10.1. The van der Waals surface area contributed by atoms with Crippen LogP contribution in [0.15, 0.2) is 54.6 Å². The number of amides is 2. The van der Waals surface area contributed by atoms with Crippen LogP contribution in [-0.4, -0.2) is 57.7 Å². The van der Waals surface area contributed by atoms with E-state index in [-0.39, 0.29) is 51.4 Å². The lowest BCUT2D eigenvalue weighted by Crippen LogP contribution is -2.37. The fourth-order valence-electron chi connectivity index (χ4n) is 3.47. The van der Waals surface area contributed by atoms with E-state index >= 15 is 0 Å². The Morgan fingerprint density at radius 1 is 1.07 bits per heavy atom. The van der Waals surface area contributed by atoms with E-state index in [0.717, 1.165) is 0 Å². The predicted molar refractivity (Wildman–Crippen MR) is 150 cm³/mol. The Morgan fingerprint density at radius 3 is 2.49 bits per heavy atom. The SMILES string of the molecule is COCCN(C(=O)Oc1ccc(NC(=O)COc2ccc(Cl)cc2C(=O)c2cc(Cl)cc(C#N)c2)c(C)c1)S(=O)[O-]. The number of rotatable bonds is 11. The van der Waals surface area contributed by atoms with Crippen LogP contribution >= 0.6 is 23.2 Å². The highest BCUT2D eigenvalue weighted by atomic mass is 35.5. The van der Waals surface area contributed by atoms with Crippen molar-refractivity contribution < 1.29 is 37.4 Å². The third-order valence-electron chi connectivity index (χ3n) is 5.39. The number of aryl methyl sites for hydroxylation is 1. The highest BCUT2D eigenvalue weighted by Crippen LogP contribution is 2.28. The highest BCUT2D eigenvalue weighted by Gasteiger charge is 2.19. The summed E-state index contributed by atoms with van der Waals surface area (Å²) in [5.41, 5.74) is 1.29. The second kappa shape index (κ2) is 14.6. The average Bonchev–Trinajstić information content (AvgIpc) is 2.93. The summed E-state index contributed by atoms with van der Waals surface area (Å²) in [5, 5.41) is 12.3. The van der Waals surface area contributed by atoms with Gasteiger partial charge in [0.25, 0.3) is 5.91 Å². The van der Waals surface area contributed by atoms with Crippen LogP contribution in [0, 0.1) is 18.3 Å². The zero-order chi connectivity index (χ0) is 30.1. The minimum Gasteiger partial charge on any atom is -0.755 e. The van der Waals surface area contributed by atoms with Gasteiger partial charge in [-0.15, -0.1) is 0 Å². The summed E-state index contributed by atoms with van der Waals surface area (Å²) in [5.74, 6) is -0.932. The zero-order valence-corrected chi connectivity index (χ0v) is 24.0. The molecule has 41 heavy (non-hydrogen) atoms. The third kappa shape index (κ3) is 8.75. The topological polar surface area (TPSA) is 158 Å². The van der Waals surface area contributed by atoms with Crippen LogP contribution < -0.4 is 14.8 Å². The van der Waals surface area contributed by atoms with E-state index in [1.54, 1.807) is 6.92 Å². The van der Waals surface area contributed by atoms with E-state index in [2.05, 4.69) is 5.32 Å². The fraction of sp³-hybridized carbons (Fsp3) is 0.185. The standard InChI is InChI=1S/C27H23Cl2N3O8S/c1-16-9-21(40-27(35)32(41(36)37)7-8-38-2)4-5-23(16)31-25(33)15-39-24-6-3-19(28)13-22(24)26(34)18-10-17(14-30)11-20(29)12-18/h3-6,9-13H,7-8,15H2,1-2H3,(H,31,33)(H,36,37)/p-1. The first-order valence-electron chi connectivity index (χ1n) is 11.7. The molecule has 3 rings (SSSR count). The molecule has 1 unspecified atom stereocenters. The number of ether oxygens (including phenoxy) is 3. The number of methoxy groups -OCH3 is 1. The lowest BCUT2D eigenvalue weighted by molar-refractivity contribution is -0.118. The van der Waals surface area contributed by atoms with Crippen molar-refractivity contribution in [1.82, 2.24) is 4.31 Å². The van der Waals surface area contributed by atoms with Crippen molar-refractivity contribution in [2.75, 3.05) is 32.2 Å². The quantitative estimate of drug-likeness (QED) is 0.238. The van der Waals surface area contributed by atoms with Gasteiger partial charge in [0.1, 0.15) is 11.5 Å². The van der Waals surface area contributed by atoms with Gasteiger partial charge in [-0.3, -0.25) is 13.8 Å². The summed E-state index contributed by atoms with van der Waals surface area (Å²) < 4.78 is 38.6. The number of hydrogen-bond acceptors (Lipinski definition) is 9. The number of carbonyl (C=O) groups excluding carboxylic acids is 3. The molecule has 214 valence electrons. The molecule has 0 aliphatic rings. The first kappa shape index (κ1) is 31.5. The number of benzene rings is 3. The van der Waals surface area contributed by atoms with Gasteiger partial charge < -0.3 is 24.1 Å². The van der Waals surface area contributed by atoms with Crippen LogP contribution in [0.4, 0.5) is 10.5 Å². The number of hydrogen-bond donors (Lipinski definition) is 1. The predicted octanol–water partition coefficient (Wildman–Crippen LogP) is 4.66. The molecule has 1 N–H and O–H groups in total. The molecule has 14 heteroatoms. The van der Waals surface area contributed by atoms with Gasteiger partial charge in [0.2, 0.25) is 0 Å². The van der Waals surface area contributed by atoms with Crippen molar-refractivity contribution in [3.8, 4) is 17.6 Å². The summed E-state index contributed by atoms with van der Waals surface area (Å²) in [6, 6.07) is 14.7. The Kier molecular flexibility index (Phi) is 11.2. The molecule has 2 amide bonds. The van der Waals surface area contributed by atoms with Crippen LogP contribution in [0.3, 0.4) is 0 Å². The van der Waals surface area contributed by atoms with Gasteiger partial charge >= 0.3 is 6.09 Å². The maximum absolute atomic E-state index is 13.2. The van der Waals surface area contributed by atoms with Gasteiger partial charge in [-0.1, -0.05) is 23.2 Å². The zero-order valence-electron chi connectivity index (χ0n) is 21.6. The van der Waals surface area contributed by atoms with Crippen molar-refractivity contribution in [1.29, 1.82) is 5.26 Å². The monoisotopic (exact) mass is 618 g/mol. The molecule has 0 aromatic heterocycles. The Bertz CT molecular complexity index is 1540. The van der Waals surface area contributed by atoms with Crippen molar-refractivity contribution in [3.63, 3.8) is 0 Å². The molecule has 11 nitrogen and oxygen atoms in total. The van der Waals surface area contributed by atoms with Gasteiger partial charge in [0.05, 0.1) is 41.6 Å². The first-order chi connectivity index (χ1) is 19.5. The van der Waals surface area contributed by atoms with Crippen molar-refractivity contribution in [3.05, 3.63) is 86.9 Å². The molecular formula is C27H22Cl2N3O8S-. The molecule has 0 heterocycles. The fourth-order valence-corrected chi connectivity index (χ4v) is 4.26. The number of anilines is 1. The van der Waals surface area contributed by atoms with Crippen LogP contribution in [-0.2, 0) is 20.8 Å². The summed E-state index contributed by atoms with van der Waals surface area (Å²) in [6.07, 6.45) is -1.12. The molecular weight excluding hydrogens is 597 g/mol. The Hall–Kier alpha value is -3.99. The van der Waals surface area contributed by atoms with Gasteiger partial charge in [-0.05, 0) is 67.1 Å². The summed E-state index contributed by atoms with van der Waals surface area (Å²) in [4.78, 5) is 38.0. The Labute approximate surface area is 247 Å². The number of nitriles is 1. The summed E-state index contributed by atoms with van der Waals surface area (Å²) >= 11 is 9.27. The highest BCUT2D eigenvalue weighted by molar-refractivity contribution is 7.77. The lowest BCUT2D eigenvalue weighted by Gasteiger charge is -2.23. The molecule has 3 aromatic carbocycles. The second-order valence-electron chi connectivity index (χ2n) is 8.30. The number of ketones is 1. The van der Waals surface area contributed by atoms with Gasteiger partial charge in [-0.25, -0.2) is 9.10 Å². The molecule has 0 aliphatic heterocycles. The molecule has 0 fully saturated rings. The first-order valence-corrected chi connectivity index (χ1v) is 13.5. The van der Waals surface area contributed by atoms with Crippen LogP contribution in [0.5, 0.6) is 11.5 Å². The van der Waals surface area contributed by atoms with Crippen LogP contribution in [0.1, 0.15) is 27.0 Å². The number of nitrogens with one attached hydrogen (secondary N) is 1. The minimum absolute atomic E-state index is 0.0104. The molecule has 0 spiro atoms. The number of carbonyl (C=O) groups is 3. The van der Waals surface area contributed by atoms with Crippen molar-refractivity contribution in [2.24, 2.45) is 0 Å². The van der Waals surface area contributed by atoms with E-state index in [1.165, 1.54) is 61.7 Å². The van der Waals surface area contributed by atoms with Crippen LogP contribution in [0.2, 0.25) is 10.0 Å². The Morgan fingerprint density at radius 2 is 1.83 bits per heavy atom. The molecule has 0 bridgehead atoms. The van der Waals surface area contributed by atoms with Crippen LogP contribution in [0.25, 0.3) is 0 Å². The minimum atomic E-state index is -2.85. The van der Waals surface area contributed by atoms with Gasteiger partial charge in [-0.2, -0.15) is 5.26 Å². The van der Waals surface area contributed by atoms with Gasteiger partial charge in [0, 0.05) is 28.4 Å². The largest absolute Gasteiger partial charge is 0.755 e. The van der Waals surface area contributed by atoms with E-state index in [0.29, 0.717) is 15.6 Å². The molecule has 0 saturated heterocycles. The molecule has 3 aromatic rings.